The zero-order chi connectivity index (χ0) is 16.5. The number of nitrogens with zero attached hydrogens (tertiary/aromatic N) is 2. The normalized spacial score (nSPS) is 17.4. The van der Waals surface area contributed by atoms with Crippen molar-refractivity contribution in [3.8, 4) is 0 Å². The molecule has 1 aromatic heterocycles. The molecule has 120 valence electrons. The number of fused-ring (bicyclic) bond motifs is 1. The minimum Gasteiger partial charge on any atom is -0.326 e. The molecule has 1 fully saturated rings. The Morgan fingerprint density at radius 1 is 1.12 bits per heavy atom. The van der Waals surface area contributed by atoms with Crippen LogP contribution in [0.4, 0.5) is 11.5 Å². The Hall–Kier alpha value is -3.15. The minimum absolute atomic E-state index is 0.0829. The fraction of sp³-hybridized carbons (Fsp3) is 0.167. The van der Waals surface area contributed by atoms with Crippen LogP contribution in [-0.4, -0.2) is 28.6 Å². The van der Waals surface area contributed by atoms with E-state index in [2.05, 4.69) is 15.5 Å². The number of amides is 2. The van der Waals surface area contributed by atoms with Gasteiger partial charge >= 0.3 is 0 Å². The van der Waals surface area contributed by atoms with Gasteiger partial charge < -0.3 is 5.32 Å². The van der Waals surface area contributed by atoms with Crippen molar-refractivity contribution in [1.82, 2.24) is 10.2 Å². The summed E-state index contributed by atoms with van der Waals surface area (Å²) in [5.41, 5.74) is 1.61. The molecule has 2 heterocycles. The molecule has 0 saturated carbocycles. The first kappa shape index (κ1) is 14.4. The van der Waals surface area contributed by atoms with Gasteiger partial charge in [0.1, 0.15) is 0 Å². The van der Waals surface area contributed by atoms with Gasteiger partial charge in [-0.1, -0.05) is 30.3 Å². The number of rotatable bonds is 3. The van der Waals surface area contributed by atoms with Crippen LogP contribution in [0.1, 0.15) is 6.42 Å². The highest BCUT2D eigenvalue weighted by Gasteiger charge is 2.36. The second-order valence-electron chi connectivity index (χ2n) is 5.85. The summed E-state index contributed by atoms with van der Waals surface area (Å²) in [5.74, 6) is -0.0175. The predicted molar refractivity (Wildman–Crippen MR) is 91.6 cm³/mol. The Morgan fingerprint density at radius 3 is 2.71 bits per heavy atom. The number of aromatic nitrogens is 2. The van der Waals surface area contributed by atoms with Crippen molar-refractivity contribution in [3.63, 3.8) is 0 Å². The molecular formula is C18H16N4O2. The van der Waals surface area contributed by atoms with E-state index in [9.17, 15) is 9.59 Å². The predicted octanol–water partition coefficient (Wildman–Crippen LogP) is 2.55. The first-order chi connectivity index (χ1) is 11.7. The Kier molecular flexibility index (Phi) is 3.49. The molecule has 24 heavy (non-hydrogen) atoms. The van der Waals surface area contributed by atoms with Crippen LogP contribution in [0.5, 0.6) is 0 Å². The average molecular weight is 320 g/mol. The quantitative estimate of drug-likeness (QED) is 0.778. The summed E-state index contributed by atoms with van der Waals surface area (Å²) in [6, 6.07) is 16.9. The van der Waals surface area contributed by atoms with Crippen molar-refractivity contribution in [1.29, 1.82) is 0 Å². The highest BCUT2D eigenvalue weighted by Crippen LogP contribution is 2.30. The Bertz CT molecular complexity index is 904. The van der Waals surface area contributed by atoms with E-state index >= 15 is 0 Å². The van der Waals surface area contributed by atoms with Crippen molar-refractivity contribution in [2.24, 2.45) is 5.92 Å². The highest BCUT2D eigenvalue weighted by molar-refractivity contribution is 6.06. The average Bonchev–Trinajstić information content (AvgIpc) is 3.19. The number of nitrogens with one attached hydrogen (secondary N) is 2. The van der Waals surface area contributed by atoms with Crippen LogP contribution in [0.3, 0.4) is 0 Å². The number of aromatic amines is 1. The smallest absolute Gasteiger partial charge is 0.229 e. The van der Waals surface area contributed by atoms with Gasteiger partial charge in [0.2, 0.25) is 11.8 Å². The third-order valence-corrected chi connectivity index (χ3v) is 4.24. The van der Waals surface area contributed by atoms with Gasteiger partial charge in [-0.2, -0.15) is 5.10 Å². The van der Waals surface area contributed by atoms with Crippen LogP contribution in [0.2, 0.25) is 0 Å². The van der Waals surface area contributed by atoms with E-state index in [1.807, 2.05) is 54.6 Å². The molecule has 3 aromatic rings. The molecule has 1 aliphatic heterocycles. The van der Waals surface area contributed by atoms with Gasteiger partial charge in [0.15, 0.2) is 5.82 Å². The molecule has 0 spiro atoms. The van der Waals surface area contributed by atoms with Gasteiger partial charge in [0.05, 0.1) is 11.4 Å². The van der Waals surface area contributed by atoms with E-state index in [0.717, 1.165) is 16.6 Å². The zero-order valence-electron chi connectivity index (χ0n) is 12.9. The van der Waals surface area contributed by atoms with Gasteiger partial charge in [0, 0.05) is 24.0 Å². The molecule has 1 saturated heterocycles. The van der Waals surface area contributed by atoms with Crippen LogP contribution in [0.15, 0.2) is 54.6 Å². The number of hydrogen-bond donors (Lipinski definition) is 2. The number of benzene rings is 2. The summed E-state index contributed by atoms with van der Waals surface area (Å²) in [5, 5.41) is 10.9. The van der Waals surface area contributed by atoms with E-state index in [0.29, 0.717) is 12.4 Å². The topological polar surface area (TPSA) is 78.1 Å². The third-order valence-electron chi connectivity index (χ3n) is 4.24. The second-order valence-corrected chi connectivity index (χ2v) is 5.85. The summed E-state index contributed by atoms with van der Waals surface area (Å²) < 4.78 is 0. The largest absolute Gasteiger partial charge is 0.326 e. The molecule has 0 unspecified atom stereocenters. The molecule has 6 heteroatoms. The molecule has 6 nitrogen and oxygen atoms in total. The summed E-state index contributed by atoms with van der Waals surface area (Å²) in [6.07, 6.45) is 0.194. The third kappa shape index (κ3) is 2.52. The first-order valence-electron chi connectivity index (χ1n) is 7.82. The van der Waals surface area contributed by atoms with Crippen LogP contribution < -0.4 is 10.2 Å². The van der Waals surface area contributed by atoms with Crippen LogP contribution in [0, 0.1) is 5.92 Å². The van der Waals surface area contributed by atoms with E-state index < -0.39 is 0 Å². The molecule has 4 rings (SSSR count). The number of hydrogen-bond acceptors (Lipinski definition) is 3. The first-order valence-corrected chi connectivity index (χ1v) is 7.82. The van der Waals surface area contributed by atoms with Gasteiger partial charge in [-0.15, -0.1) is 0 Å². The van der Waals surface area contributed by atoms with Gasteiger partial charge in [0.25, 0.3) is 0 Å². The molecule has 0 aliphatic carbocycles. The zero-order valence-corrected chi connectivity index (χ0v) is 12.9. The lowest BCUT2D eigenvalue weighted by atomic mass is 10.1. The van der Waals surface area contributed by atoms with Crippen LogP contribution in [0.25, 0.3) is 10.9 Å². The Morgan fingerprint density at radius 2 is 1.88 bits per heavy atom. The van der Waals surface area contributed by atoms with E-state index in [4.69, 9.17) is 0 Å². The minimum atomic E-state index is -0.381. The molecule has 0 radical (unpaired) electrons. The lowest BCUT2D eigenvalue weighted by Crippen LogP contribution is -2.28. The number of carbonyl (C=O) groups excluding carboxylic acids is 2. The summed E-state index contributed by atoms with van der Waals surface area (Å²) in [6.45, 7) is 0.340. The fourth-order valence-electron chi connectivity index (χ4n) is 3.01. The maximum atomic E-state index is 12.4. The van der Waals surface area contributed by atoms with E-state index in [1.54, 1.807) is 4.90 Å². The Balaban J connectivity index is 1.54. The van der Waals surface area contributed by atoms with Crippen molar-refractivity contribution >= 4 is 34.2 Å². The van der Waals surface area contributed by atoms with Crippen molar-refractivity contribution in [2.45, 2.75) is 6.42 Å². The molecular weight excluding hydrogens is 304 g/mol. The molecule has 1 atom stereocenters. The highest BCUT2D eigenvalue weighted by atomic mass is 16.2. The number of carbonyl (C=O) groups is 2. The van der Waals surface area contributed by atoms with Crippen LogP contribution >= 0.6 is 0 Å². The monoisotopic (exact) mass is 320 g/mol. The SMILES string of the molecule is O=C(Nc1ccccc1)[C@@H]1CC(=O)N(c2n[nH]c3ccccc23)C1. The van der Waals surface area contributed by atoms with Gasteiger partial charge in [-0.25, -0.2) is 0 Å². The van der Waals surface area contributed by atoms with Crippen molar-refractivity contribution < 1.29 is 9.59 Å². The fourth-order valence-corrected chi connectivity index (χ4v) is 3.01. The molecule has 2 aromatic carbocycles. The van der Waals surface area contributed by atoms with E-state index in [-0.39, 0.29) is 24.2 Å². The van der Waals surface area contributed by atoms with Crippen molar-refractivity contribution in [3.05, 3.63) is 54.6 Å². The summed E-state index contributed by atoms with van der Waals surface area (Å²) in [4.78, 5) is 26.4. The van der Waals surface area contributed by atoms with Gasteiger partial charge in [-0.05, 0) is 24.3 Å². The molecule has 2 amide bonds. The Labute approximate surface area is 138 Å². The maximum absolute atomic E-state index is 12.4. The maximum Gasteiger partial charge on any atom is 0.229 e. The standard InChI is InChI=1S/C18H16N4O2/c23-16-10-12(18(24)19-13-6-2-1-3-7-13)11-22(16)17-14-8-4-5-9-15(14)20-21-17/h1-9,12H,10-11H2,(H,19,24)(H,20,21)/t12-/m1/s1. The number of para-hydroxylation sites is 2. The number of H-pyrrole nitrogens is 1. The molecule has 1 aliphatic rings. The van der Waals surface area contributed by atoms with Crippen molar-refractivity contribution in [2.75, 3.05) is 16.8 Å². The lowest BCUT2D eigenvalue weighted by Gasteiger charge is -2.14. The molecule has 2 N–H and O–H groups in total. The molecule has 0 bridgehead atoms. The summed E-state index contributed by atoms with van der Waals surface area (Å²) >= 11 is 0. The lowest BCUT2D eigenvalue weighted by molar-refractivity contribution is -0.122. The number of anilines is 2. The second kappa shape index (κ2) is 5.81. The van der Waals surface area contributed by atoms with Crippen LogP contribution in [-0.2, 0) is 9.59 Å². The summed E-state index contributed by atoms with van der Waals surface area (Å²) in [7, 11) is 0. The van der Waals surface area contributed by atoms with E-state index in [1.165, 1.54) is 0 Å². The van der Waals surface area contributed by atoms with Gasteiger partial charge in [-0.3, -0.25) is 19.6 Å².